The van der Waals surface area contributed by atoms with E-state index in [2.05, 4.69) is 17.6 Å². The topological polar surface area (TPSA) is 222 Å². The van der Waals surface area contributed by atoms with E-state index in [0.29, 0.717) is 5.23 Å². The van der Waals surface area contributed by atoms with Crippen molar-refractivity contribution in [1.29, 1.82) is 0 Å². The Morgan fingerprint density at radius 1 is 1.03 bits per heavy atom. The molecular weight excluding hydrogens is 531 g/mol. The molecule has 19 nitrogen and oxygen atoms in total. The molecule has 0 amide bonds. The minimum absolute atomic E-state index is 0.272. The Morgan fingerprint density at radius 2 is 1.75 bits per heavy atom. The van der Waals surface area contributed by atoms with E-state index in [1.165, 1.54) is 0 Å². The summed E-state index contributed by atoms with van der Waals surface area (Å²) in [5, 5.41) is 22.1. The molecule has 2 N–H and O–H groups in total. The summed E-state index contributed by atoms with van der Waals surface area (Å²) in [6, 6.07) is 0. The molecule has 5 unspecified atom stereocenters. The Labute approximate surface area is 177 Å². The highest BCUT2D eigenvalue weighted by atomic mass is 32.1. The second kappa shape index (κ2) is 4.76. The van der Waals surface area contributed by atoms with Crippen LogP contribution in [-0.2, 0) is 60.7 Å². The first kappa shape index (κ1) is 19.4. The van der Waals surface area contributed by atoms with E-state index in [4.69, 9.17) is 45.7 Å². The molecule has 0 aromatic carbocycles. The molecule has 2 spiro atoms. The molecule has 10 rings (SSSR count). The largest absolute Gasteiger partial charge is 0.579 e. The summed E-state index contributed by atoms with van der Waals surface area (Å²) in [5.41, 5.74) is -1.36. The fourth-order valence-corrected chi connectivity index (χ4v) is 8.98. The Kier molecular flexibility index (Phi) is 2.89. The molecule has 172 valence electrons. The van der Waals surface area contributed by atoms with E-state index < -0.39 is 70.4 Å². The zero-order valence-electron chi connectivity index (χ0n) is 14.3. The van der Waals surface area contributed by atoms with Crippen LogP contribution >= 0.6 is 36.1 Å². The van der Waals surface area contributed by atoms with Gasteiger partial charge in [-0.15, -0.1) is 21.9 Å². The van der Waals surface area contributed by atoms with Gasteiger partial charge in [0.15, 0.2) is 0 Å². The van der Waals surface area contributed by atoms with Crippen LogP contribution in [0.25, 0.3) is 0 Å². The molecule has 5 atom stereocenters. The Bertz CT molecular complexity index is 1390. The number of nitrogens with zero attached hydrogens (tertiary/aromatic N) is 3. The monoisotopic (exact) mass is 535 g/mol. The van der Waals surface area contributed by atoms with Gasteiger partial charge in [0.25, 0.3) is 5.79 Å². The van der Waals surface area contributed by atoms with Crippen LogP contribution in [-0.4, -0.2) is 43.4 Å². The third kappa shape index (κ3) is 1.64. The van der Waals surface area contributed by atoms with Gasteiger partial charge in [0.05, 0.1) is 0 Å². The molecule has 10 heterocycles. The number of anilines is 1. The minimum atomic E-state index is -4.87. The van der Waals surface area contributed by atoms with E-state index in [-0.39, 0.29) is 9.46 Å². The number of aliphatic hydroxyl groups excluding tert-OH is 1. The average molecular weight is 535 g/mol. The van der Waals surface area contributed by atoms with Crippen molar-refractivity contribution in [2.24, 2.45) is 0 Å². The van der Waals surface area contributed by atoms with E-state index in [1.807, 2.05) is 0 Å². The summed E-state index contributed by atoms with van der Waals surface area (Å²) in [7, 11) is -13.7. The molecule has 0 aliphatic carbocycles. The lowest BCUT2D eigenvalue weighted by molar-refractivity contribution is -0.414. The van der Waals surface area contributed by atoms with Crippen LogP contribution in [0.2, 0.25) is 0 Å². The highest BCUT2D eigenvalue weighted by Gasteiger charge is 3.05. The quantitative estimate of drug-likeness (QED) is 0.293. The van der Waals surface area contributed by atoms with Crippen LogP contribution in [0.15, 0.2) is 9.69 Å². The molecule has 0 saturated carbocycles. The van der Waals surface area contributed by atoms with E-state index in [1.54, 1.807) is 0 Å². The first-order chi connectivity index (χ1) is 14.8. The predicted octanol–water partition coefficient (Wildman–Crippen LogP) is -0.874. The third-order valence-corrected chi connectivity index (χ3v) is 9.77. The second-order valence-electron chi connectivity index (χ2n) is 7.09. The molecule has 9 aliphatic heterocycles. The summed E-state index contributed by atoms with van der Waals surface area (Å²) in [4.78, 5) is 16.3. The van der Waals surface area contributed by atoms with Gasteiger partial charge in [0, 0.05) is 0 Å². The minimum Gasteiger partial charge on any atom is -0.383 e. The first-order valence-corrected chi connectivity index (χ1v) is 13.0. The number of aromatic nitrogens is 2. The zero-order chi connectivity index (χ0) is 22.3. The second-order valence-corrected chi connectivity index (χ2v) is 11.9. The summed E-state index contributed by atoms with van der Waals surface area (Å²) >= 11 is 4.14. The number of hydrogen-bond acceptors (Lipinski definition) is 19. The van der Waals surface area contributed by atoms with Crippen molar-refractivity contribution >= 4 is 41.9 Å². The number of aliphatic hydroxyl groups is 2. The highest BCUT2D eigenvalue weighted by Crippen LogP contribution is 2.91. The first-order valence-electron chi connectivity index (χ1n) is 8.21. The van der Waals surface area contributed by atoms with Gasteiger partial charge in [-0.1, -0.05) is 5.23 Å². The molecular formula is C9H4N3O16P3S. The number of ether oxygens (including phenoxy) is 1. The van der Waals surface area contributed by atoms with E-state index in [9.17, 15) is 28.7 Å². The smallest absolute Gasteiger partial charge is 0.383 e. The molecule has 9 bridgehead atoms. The lowest BCUT2D eigenvalue weighted by atomic mass is 9.97. The molecule has 1 aromatic heterocycles. The number of phosphoric ester groups is 2. The molecule has 7 fully saturated rings. The maximum Gasteiger partial charge on any atom is 0.579 e. The number of hydrogen-bond donors (Lipinski definition) is 3. The Hall–Kier alpha value is -0.920. The summed E-state index contributed by atoms with van der Waals surface area (Å²) in [5.74, 6) is -13.3. The molecule has 1 aromatic rings. The number of phosphoric acid groups is 3. The van der Waals surface area contributed by atoms with Gasteiger partial charge in [-0.05, 0) is 0 Å². The van der Waals surface area contributed by atoms with Gasteiger partial charge in [0.2, 0.25) is 18.0 Å². The zero-order valence-corrected chi connectivity index (χ0v) is 17.9. The van der Waals surface area contributed by atoms with Crippen molar-refractivity contribution in [3.8, 4) is 5.88 Å². The standard InChI is InChI=1S/C9H4N3O16P3S/c13-4-6-7(15)8(24-31(18,23-7)25-8)9(21-6,26-29(16,20-4)22-6)11-3-1(32)2(10-5(11)14)12-27-30(17,19-3)28-12/h4,13,15,32H. The molecule has 32 heavy (non-hydrogen) atoms. The van der Waals surface area contributed by atoms with Gasteiger partial charge in [-0.3, -0.25) is 9.26 Å². The number of thiol groups is 1. The number of rotatable bonds is 1. The maximum atomic E-state index is 13.1. The van der Waals surface area contributed by atoms with Crippen molar-refractivity contribution < 1.29 is 69.6 Å². The van der Waals surface area contributed by atoms with Crippen LogP contribution in [0.1, 0.15) is 0 Å². The van der Waals surface area contributed by atoms with Gasteiger partial charge in [-0.25, -0.2) is 45.7 Å². The van der Waals surface area contributed by atoms with Crippen molar-refractivity contribution in [2.45, 2.75) is 34.5 Å². The number of fused-ring (bicyclic) bond motifs is 2. The fourth-order valence-electron chi connectivity index (χ4n) is 4.25. The third-order valence-electron chi connectivity index (χ3n) is 5.41. The van der Waals surface area contributed by atoms with Crippen LogP contribution in [0.3, 0.4) is 0 Å². The highest BCUT2D eigenvalue weighted by molar-refractivity contribution is 7.80. The lowest BCUT2D eigenvalue weighted by Gasteiger charge is -2.45. The van der Waals surface area contributed by atoms with Crippen molar-refractivity contribution in [2.75, 3.05) is 5.23 Å². The van der Waals surface area contributed by atoms with Crippen LogP contribution in [0.4, 0.5) is 5.82 Å². The fraction of sp³-hybridized carbons (Fsp3) is 0.556. The molecule has 7 saturated heterocycles. The van der Waals surface area contributed by atoms with Gasteiger partial charge in [0.1, 0.15) is 4.90 Å². The Balaban J connectivity index is 1.48. The van der Waals surface area contributed by atoms with Gasteiger partial charge < -0.3 is 14.7 Å². The molecule has 23 heteroatoms. The van der Waals surface area contributed by atoms with Gasteiger partial charge >= 0.3 is 46.6 Å². The lowest BCUT2D eigenvalue weighted by Crippen LogP contribution is -2.68. The summed E-state index contributed by atoms with van der Waals surface area (Å²) in [6.07, 6.45) is -2.39. The normalized spacial score (nSPS) is 54.3. The van der Waals surface area contributed by atoms with Crippen molar-refractivity contribution in [3.05, 3.63) is 10.5 Å². The van der Waals surface area contributed by atoms with Gasteiger partial charge in [-0.2, -0.15) is 4.98 Å². The van der Waals surface area contributed by atoms with Crippen molar-refractivity contribution in [1.82, 2.24) is 9.55 Å². The van der Waals surface area contributed by atoms with Crippen LogP contribution in [0, 0.1) is 0 Å². The SMILES string of the molecule is O=c1nc2c(S)c(n1C13OC4(OP(=O)(OC4O)O1)C1(O)OP4(=O)OC31O4)OP1(=O)ON2O1. The van der Waals surface area contributed by atoms with E-state index >= 15 is 0 Å². The van der Waals surface area contributed by atoms with E-state index in [0.717, 1.165) is 0 Å². The summed E-state index contributed by atoms with van der Waals surface area (Å²) in [6.45, 7) is 0. The molecule has 0 radical (unpaired) electrons. The Morgan fingerprint density at radius 3 is 2.47 bits per heavy atom. The van der Waals surface area contributed by atoms with Crippen molar-refractivity contribution in [3.63, 3.8) is 0 Å². The predicted molar refractivity (Wildman–Crippen MR) is 85.8 cm³/mol. The average Bonchev–Trinajstić information content (AvgIpc) is 3.12. The van der Waals surface area contributed by atoms with Crippen LogP contribution < -0.4 is 15.4 Å². The summed E-state index contributed by atoms with van der Waals surface area (Å²) < 4.78 is 88.8. The maximum absolute atomic E-state index is 13.1. The molecule has 9 aliphatic rings. The van der Waals surface area contributed by atoms with Crippen LogP contribution in [0.5, 0.6) is 5.88 Å².